The van der Waals surface area contributed by atoms with E-state index in [9.17, 15) is 0 Å². The summed E-state index contributed by atoms with van der Waals surface area (Å²) in [5.41, 5.74) is 1.57. The zero-order valence-electron chi connectivity index (χ0n) is 12.8. The third-order valence-electron chi connectivity index (χ3n) is 5.42. The fourth-order valence-electron chi connectivity index (χ4n) is 4.22. The van der Waals surface area contributed by atoms with Crippen molar-refractivity contribution in [3.63, 3.8) is 0 Å². The summed E-state index contributed by atoms with van der Waals surface area (Å²) in [6, 6.07) is 9.87. The molecule has 2 heterocycles. The van der Waals surface area contributed by atoms with E-state index in [1.807, 2.05) is 0 Å². The second-order valence-electron chi connectivity index (χ2n) is 6.83. The van der Waals surface area contributed by atoms with Gasteiger partial charge in [0, 0.05) is 48.9 Å². The van der Waals surface area contributed by atoms with E-state index in [1.165, 1.54) is 69.7 Å². The van der Waals surface area contributed by atoms with Crippen molar-refractivity contribution < 1.29 is 0 Å². The summed E-state index contributed by atoms with van der Waals surface area (Å²) in [6.07, 6.45) is 7.09. The van der Waals surface area contributed by atoms with Gasteiger partial charge in [-0.25, -0.2) is 0 Å². The largest absolute Gasteiger partial charge is 0.300 e. The van der Waals surface area contributed by atoms with Gasteiger partial charge in [0.25, 0.3) is 0 Å². The topological polar surface area (TPSA) is 6.48 Å². The summed E-state index contributed by atoms with van der Waals surface area (Å²) in [5, 5.41) is 0.778. The van der Waals surface area contributed by atoms with Crippen LogP contribution in [-0.2, 0) is 6.42 Å². The standard InChI is InChI=1S/C18H26N2S/c1-4-8-18-15(5-1)13-17(21-18)14-19-9-11-20(12-10-19)16-6-2-3-7-16/h1,4-5,8,16-17H,2-3,6-7,9-14H2. The number of rotatable bonds is 3. The van der Waals surface area contributed by atoms with Crippen molar-refractivity contribution in [3.05, 3.63) is 29.8 Å². The Balaban J connectivity index is 1.26. The van der Waals surface area contributed by atoms with E-state index in [-0.39, 0.29) is 0 Å². The average molecular weight is 302 g/mol. The van der Waals surface area contributed by atoms with E-state index < -0.39 is 0 Å². The van der Waals surface area contributed by atoms with Gasteiger partial charge < -0.3 is 0 Å². The first-order valence-corrected chi connectivity index (χ1v) is 9.47. The summed E-state index contributed by atoms with van der Waals surface area (Å²) in [6.45, 7) is 6.44. The molecule has 0 spiro atoms. The Morgan fingerprint density at radius 1 is 1.00 bits per heavy atom. The van der Waals surface area contributed by atoms with E-state index in [0.717, 1.165) is 11.3 Å². The SMILES string of the molecule is c1ccc2c(c1)CC(CN1CCN(C3CCCC3)CC1)S2. The Hall–Kier alpha value is -0.510. The lowest BCUT2D eigenvalue weighted by atomic mass is 10.1. The molecule has 1 unspecified atom stereocenters. The molecular formula is C18H26N2S. The Morgan fingerprint density at radius 3 is 2.52 bits per heavy atom. The van der Waals surface area contributed by atoms with Crippen molar-refractivity contribution >= 4 is 11.8 Å². The van der Waals surface area contributed by atoms with Crippen LogP contribution in [0.3, 0.4) is 0 Å². The van der Waals surface area contributed by atoms with Gasteiger partial charge in [-0.05, 0) is 30.9 Å². The molecule has 2 nitrogen and oxygen atoms in total. The van der Waals surface area contributed by atoms with Crippen LogP contribution in [-0.4, -0.2) is 53.8 Å². The van der Waals surface area contributed by atoms with Crippen LogP contribution in [0.1, 0.15) is 31.2 Å². The van der Waals surface area contributed by atoms with Gasteiger partial charge in [-0.1, -0.05) is 31.0 Å². The van der Waals surface area contributed by atoms with E-state index in [2.05, 4.69) is 45.8 Å². The number of hydrogen-bond acceptors (Lipinski definition) is 3. The van der Waals surface area contributed by atoms with Gasteiger partial charge in [-0.15, -0.1) is 11.8 Å². The molecule has 0 bridgehead atoms. The maximum Gasteiger partial charge on any atom is 0.0263 e. The van der Waals surface area contributed by atoms with E-state index in [0.29, 0.717) is 0 Å². The first-order chi connectivity index (χ1) is 10.4. The molecule has 1 atom stereocenters. The maximum absolute atomic E-state index is 2.76. The van der Waals surface area contributed by atoms with Gasteiger partial charge in [0.1, 0.15) is 0 Å². The van der Waals surface area contributed by atoms with Crippen molar-refractivity contribution in [2.75, 3.05) is 32.7 Å². The van der Waals surface area contributed by atoms with Crippen molar-refractivity contribution in [1.82, 2.24) is 9.80 Å². The summed E-state index contributed by atoms with van der Waals surface area (Å²) in [7, 11) is 0. The van der Waals surface area contributed by atoms with E-state index in [4.69, 9.17) is 0 Å². The normalized spacial score (nSPS) is 28.1. The molecule has 2 aliphatic heterocycles. The molecule has 0 amide bonds. The molecular weight excluding hydrogens is 276 g/mol. The third-order valence-corrected chi connectivity index (χ3v) is 6.72. The third kappa shape index (κ3) is 3.15. The van der Waals surface area contributed by atoms with E-state index in [1.54, 1.807) is 5.56 Å². The lowest BCUT2D eigenvalue weighted by Gasteiger charge is -2.38. The van der Waals surface area contributed by atoms with Crippen LogP contribution in [0.15, 0.2) is 29.2 Å². The van der Waals surface area contributed by atoms with Gasteiger partial charge in [-0.3, -0.25) is 9.80 Å². The van der Waals surface area contributed by atoms with Crippen LogP contribution >= 0.6 is 11.8 Å². The smallest absolute Gasteiger partial charge is 0.0263 e. The lowest BCUT2D eigenvalue weighted by Crippen LogP contribution is -2.50. The van der Waals surface area contributed by atoms with Gasteiger partial charge in [0.15, 0.2) is 0 Å². The molecule has 3 heteroatoms. The second-order valence-corrected chi connectivity index (χ2v) is 8.17. The minimum atomic E-state index is 0.778. The number of benzene rings is 1. The quantitative estimate of drug-likeness (QED) is 0.846. The first kappa shape index (κ1) is 14.1. The molecule has 3 aliphatic rings. The number of fused-ring (bicyclic) bond motifs is 1. The highest BCUT2D eigenvalue weighted by Gasteiger charge is 2.28. The van der Waals surface area contributed by atoms with Crippen LogP contribution in [0, 0.1) is 0 Å². The van der Waals surface area contributed by atoms with Crippen molar-refractivity contribution in [1.29, 1.82) is 0 Å². The molecule has 4 rings (SSSR count). The van der Waals surface area contributed by atoms with E-state index >= 15 is 0 Å². The summed E-state index contributed by atoms with van der Waals surface area (Å²) >= 11 is 2.10. The highest BCUT2D eigenvalue weighted by molar-refractivity contribution is 8.00. The molecule has 21 heavy (non-hydrogen) atoms. The number of nitrogens with zero attached hydrogens (tertiary/aromatic N) is 2. The molecule has 1 aromatic rings. The predicted octanol–water partition coefficient (Wildman–Crippen LogP) is 3.26. The molecule has 1 saturated carbocycles. The van der Waals surface area contributed by atoms with Crippen molar-refractivity contribution in [2.24, 2.45) is 0 Å². The highest BCUT2D eigenvalue weighted by atomic mass is 32.2. The van der Waals surface area contributed by atoms with Gasteiger partial charge in [0.05, 0.1) is 0 Å². The number of hydrogen-bond donors (Lipinski definition) is 0. The fourth-order valence-corrected chi connectivity index (χ4v) is 5.59. The number of piperazine rings is 1. The van der Waals surface area contributed by atoms with Gasteiger partial charge in [0.2, 0.25) is 0 Å². The molecule has 2 fully saturated rings. The van der Waals surface area contributed by atoms with Crippen LogP contribution in [0.2, 0.25) is 0 Å². The molecule has 0 N–H and O–H groups in total. The van der Waals surface area contributed by atoms with Crippen molar-refractivity contribution in [2.45, 2.75) is 48.3 Å². The lowest BCUT2D eigenvalue weighted by molar-refractivity contribution is 0.0983. The Labute approximate surface area is 132 Å². The highest BCUT2D eigenvalue weighted by Crippen LogP contribution is 2.37. The fraction of sp³-hybridized carbons (Fsp3) is 0.667. The summed E-state index contributed by atoms with van der Waals surface area (Å²) < 4.78 is 0. The molecule has 114 valence electrons. The Bertz CT molecular complexity index is 451. The van der Waals surface area contributed by atoms with Gasteiger partial charge >= 0.3 is 0 Å². The zero-order valence-corrected chi connectivity index (χ0v) is 13.7. The zero-order chi connectivity index (χ0) is 14.1. The monoisotopic (exact) mass is 302 g/mol. The predicted molar refractivity (Wildman–Crippen MR) is 90.1 cm³/mol. The van der Waals surface area contributed by atoms with Gasteiger partial charge in [-0.2, -0.15) is 0 Å². The summed E-state index contributed by atoms with van der Waals surface area (Å²) in [5.74, 6) is 0. The van der Waals surface area contributed by atoms with Crippen LogP contribution in [0.5, 0.6) is 0 Å². The Kier molecular flexibility index (Phi) is 4.24. The molecule has 1 aromatic carbocycles. The first-order valence-electron chi connectivity index (χ1n) is 8.59. The minimum absolute atomic E-state index is 0.778. The molecule has 0 aromatic heterocycles. The van der Waals surface area contributed by atoms with Crippen molar-refractivity contribution in [3.8, 4) is 0 Å². The minimum Gasteiger partial charge on any atom is -0.300 e. The van der Waals surface area contributed by atoms with Crippen LogP contribution in [0.25, 0.3) is 0 Å². The Morgan fingerprint density at radius 2 is 1.76 bits per heavy atom. The summed E-state index contributed by atoms with van der Waals surface area (Å²) in [4.78, 5) is 6.99. The number of thioether (sulfide) groups is 1. The second kappa shape index (κ2) is 6.31. The molecule has 0 radical (unpaired) electrons. The van der Waals surface area contributed by atoms with Crippen LogP contribution < -0.4 is 0 Å². The van der Waals surface area contributed by atoms with Crippen LogP contribution in [0.4, 0.5) is 0 Å². The average Bonchev–Trinajstić information content (AvgIpc) is 3.17. The molecule has 1 aliphatic carbocycles. The maximum atomic E-state index is 2.76. The molecule has 1 saturated heterocycles.